The van der Waals surface area contributed by atoms with Crippen molar-refractivity contribution in [3.63, 3.8) is 0 Å². The smallest absolute Gasteiger partial charge is 0.257 e. The SMILES string of the molecule is COc1cc(OC)cc([C@H](N)C(F)F)c1.Cl. The van der Waals surface area contributed by atoms with Gasteiger partial charge in [-0.3, -0.25) is 0 Å². The zero-order chi connectivity index (χ0) is 11.4. The molecule has 16 heavy (non-hydrogen) atoms. The molecule has 1 aromatic carbocycles. The summed E-state index contributed by atoms with van der Waals surface area (Å²) in [6.07, 6.45) is -2.61. The van der Waals surface area contributed by atoms with E-state index in [0.717, 1.165) is 0 Å². The number of nitrogens with two attached hydrogens (primary N) is 1. The van der Waals surface area contributed by atoms with Gasteiger partial charge in [0.05, 0.1) is 20.3 Å². The van der Waals surface area contributed by atoms with Crippen LogP contribution in [0.15, 0.2) is 18.2 Å². The largest absolute Gasteiger partial charge is 0.497 e. The lowest BCUT2D eigenvalue weighted by atomic mass is 10.1. The van der Waals surface area contributed by atoms with Crippen LogP contribution >= 0.6 is 12.4 Å². The second-order valence-corrected chi connectivity index (χ2v) is 3.01. The minimum absolute atomic E-state index is 0. The first-order valence-electron chi connectivity index (χ1n) is 4.35. The van der Waals surface area contributed by atoms with Crippen LogP contribution in [-0.2, 0) is 0 Å². The summed E-state index contributed by atoms with van der Waals surface area (Å²) in [5.41, 5.74) is 5.62. The Morgan fingerprint density at radius 2 is 1.50 bits per heavy atom. The molecule has 3 nitrogen and oxygen atoms in total. The number of alkyl halides is 2. The highest BCUT2D eigenvalue weighted by molar-refractivity contribution is 5.85. The van der Waals surface area contributed by atoms with E-state index in [-0.39, 0.29) is 12.4 Å². The summed E-state index contributed by atoms with van der Waals surface area (Å²) in [5.74, 6) is 0.890. The molecule has 0 aliphatic rings. The highest BCUT2D eigenvalue weighted by Gasteiger charge is 2.18. The van der Waals surface area contributed by atoms with Crippen LogP contribution in [-0.4, -0.2) is 20.6 Å². The zero-order valence-corrected chi connectivity index (χ0v) is 9.76. The first kappa shape index (κ1) is 14.9. The van der Waals surface area contributed by atoms with Crippen LogP contribution in [0.3, 0.4) is 0 Å². The summed E-state index contributed by atoms with van der Waals surface area (Å²) in [4.78, 5) is 0. The van der Waals surface area contributed by atoms with Crippen LogP contribution in [0.2, 0.25) is 0 Å². The van der Waals surface area contributed by atoms with E-state index in [2.05, 4.69) is 0 Å². The Bertz CT molecular complexity index is 314. The van der Waals surface area contributed by atoms with Crippen molar-refractivity contribution in [2.75, 3.05) is 14.2 Å². The van der Waals surface area contributed by atoms with Crippen LogP contribution in [0.4, 0.5) is 8.78 Å². The third-order valence-corrected chi connectivity index (χ3v) is 2.03. The van der Waals surface area contributed by atoms with Gasteiger partial charge in [0.25, 0.3) is 6.43 Å². The Morgan fingerprint density at radius 3 is 1.81 bits per heavy atom. The summed E-state index contributed by atoms with van der Waals surface area (Å²) in [6, 6.07) is 3.22. The van der Waals surface area contributed by atoms with Gasteiger partial charge in [0, 0.05) is 6.07 Å². The van der Waals surface area contributed by atoms with E-state index in [1.807, 2.05) is 0 Å². The van der Waals surface area contributed by atoms with Crippen molar-refractivity contribution in [1.29, 1.82) is 0 Å². The normalized spacial score (nSPS) is 11.9. The van der Waals surface area contributed by atoms with E-state index in [0.29, 0.717) is 17.1 Å². The molecule has 1 atom stereocenters. The van der Waals surface area contributed by atoms with E-state index < -0.39 is 12.5 Å². The third-order valence-electron chi connectivity index (χ3n) is 2.03. The van der Waals surface area contributed by atoms with Crippen LogP contribution < -0.4 is 15.2 Å². The minimum atomic E-state index is -2.61. The summed E-state index contributed by atoms with van der Waals surface area (Å²) in [5, 5.41) is 0. The number of benzene rings is 1. The molecule has 6 heteroatoms. The number of rotatable bonds is 4. The second-order valence-electron chi connectivity index (χ2n) is 3.01. The van der Waals surface area contributed by atoms with Gasteiger partial charge in [0.2, 0.25) is 0 Å². The summed E-state index contributed by atoms with van der Waals surface area (Å²) < 4.78 is 34.7. The molecule has 92 valence electrons. The van der Waals surface area contributed by atoms with Crippen molar-refractivity contribution in [3.8, 4) is 11.5 Å². The van der Waals surface area contributed by atoms with Crippen molar-refractivity contribution in [3.05, 3.63) is 23.8 Å². The van der Waals surface area contributed by atoms with E-state index in [1.165, 1.54) is 26.4 Å². The van der Waals surface area contributed by atoms with Gasteiger partial charge >= 0.3 is 0 Å². The van der Waals surface area contributed by atoms with Gasteiger partial charge in [-0.2, -0.15) is 0 Å². The molecule has 0 aliphatic carbocycles. The number of hydrogen-bond acceptors (Lipinski definition) is 3. The molecule has 0 heterocycles. The van der Waals surface area contributed by atoms with Crippen molar-refractivity contribution in [2.45, 2.75) is 12.5 Å². The van der Waals surface area contributed by atoms with Crippen molar-refractivity contribution in [1.82, 2.24) is 0 Å². The molecule has 1 aromatic rings. The molecular formula is C10H14ClF2NO2. The van der Waals surface area contributed by atoms with Crippen molar-refractivity contribution < 1.29 is 18.3 Å². The molecule has 1 rings (SSSR count). The Balaban J connectivity index is 0.00000225. The predicted octanol–water partition coefficient (Wildman–Crippen LogP) is 2.39. The van der Waals surface area contributed by atoms with E-state index in [9.17, 15) is 8.78 Å². The maximum atomic E-state index is 12.4. The lowest BCUT2D eigenvalue weighted by molar-refractivity contribution is 0.116. The summed E-state index contributed by atoms with van der Waals surface area (Å²) >= 11 is 0. The maximum absolute atomic E-state index is 12.4. The van der Waals surface area contributed by atoms with Crippen LogP contribution in [0.1, 0.15) is 11.6 Å². The van der Waals surface area contributed by atoms with Gasteiger partial charge in [-0.15, -0.1) is 12.4 Å². The van der Waals surface area contributed by atoms with Crippen LogP contribution in [0.25, 0.3) is 0 Å². The van der Waals surface area contributed by atoms with Gasteiger partial charge in [-0.05, 0) is 17.7 Å². The monoisotopic (exact) mass is 253 g/mol. The fourth-order valence-corrected chi connectivity index (χ4v) is 1.17. The fraction of sp³-hybridized carbons (Fsp3) is 0.400. The van der Waals surface area contributed by atoms with Crippen LogP contribution in [0.5, 0.6) is 11.5 Å². The Kier molecular flexibility index (Phi) is 6.06. The Morgan fingerprint density at radius 1 is 1.06 bits per heavy atom. The predicted molar refractivity (Wildman–Crippen MR) is 59.7 cm³/mol. The first-order valence-corrected chi connectivity index (χ1v) is 4.35. The molecule has 0 amide bonds. The molecule has 0 unspecified atom stereocenters. The molecule has 2 N–H and O–H groups in total. The first-order chi connectivity index (χ1) is 7.08. The third kappa shape index (κ3) is 3.50. The molecule has 0 saturated carbocycles. The minimum Gasteiger partial charge on any atom is -0.497 e. The maximum Gasteiger partial charge on any atom is 0.257 e. The summed E-state index contributed by atoms with van der Waals surface area (Å²) in [6.45, 7) is 0. The zero-order valence-electron chi connectivity index (χ0n) is 8.94. The Hall–Kier alpha value is -1.07. The molecule has 0 spiro atoms. The molecule has 0 radical (unpaired) electrons. The van der Waals surface area contributed by atoms with E-state index >= 15 is 0 Å². The second kappa shape index (κ2) is 6.50. The highest BCUT2D eigenvalue weighted by atomic mass is 35.5. The average molecular weight is 254 g/mol. The summed E-state index contributed by atoms with van der Waals surface area (Å²) in [7, 11) is 2.90. The molecule has 0 saturated heterocycles. The van der Waals surface area contributed by atoms with Gasteiger partial charge in [-0.25, -0.2) is 8.78 Å². The van der Waals surface area contributed by atoms with Crippen molar-refractivity contribution >= 4 is 12.4 Å². The molecule has 0 aromatic heterocycles. The van der Waals surface area contributed by atoms with E-state index in [4.69, 9.17) is 15.2 Å². The van der Waals surface area contributed by atoms with Crippen LogP contribution in [0, 0.1) is 0 Å². The molecule has 0 bridgehead atoms. The lowest BCUT2D eigenvalue weighted by Gasteiger charge is -2.13. The van der Waals surface area contributed by atoms with Crippen molar-refractivity contribution in [2.24, 2.45) is 5.73 Å². The van der Waals surface area contributed by atoms with Gasteiger partial charge < -0.3 is 15.2 Å². The quantitative estimate of drug-likeness (QED) is 0.896. The molecule has 0 fully saturated rings. The number of methoxy groups -OCH3 is 2. The topological polar surface area (TPSA) is 44.5 Å². The molecule has 0 aliphatic heterocycles. The number of hydrogen-bond donors (Lipinski definition) is 1. The van der Waals surface area contributed by atoms with E-state index in [1.54, 1.807) is 6.07 Å². The number of halogens is 3. The average Bonchev–Trinajstić information content (AvgIpc) is 2.27. The van der Waals surface area contributed by atoms with Gasteiger partial charge in [-0.1, -0.05) is 0 Å². The standard InChI is InChI=1S/C10H13F2NO2.ClH/c1-14-7-3-6(9(13)10(11)12)4-8(5-7)15-2;/h3-5,9-10H,13H2,1-2H3;1H/t9-;/m0./s1. The van der Waals surface area contributed by atoms with Gasteiger partial charge in [0.15, 0.2) is 0 Å². The van der Waals surface area contributed by atoms with Gasteiger partial charge in [0.1, 0.15) is 11.5 Å². The lowest BCUT2D eigenvalue weighted by Crippen LogP contribution is -2.18. The fourth-order valence-electron chi connectivity index (χ4n) is 1.17. The Labute approximate surface area is 98.9 Å². The molecular weight excluding hydrogens is 240 g/mol. The highest BCUT2D eigenvalue weighted by Crippen LogP contribution is 2.27. The number of ether oxygens (including phenoxy) is 2.